The van der Waals surface area contributed by atoms with Crippen molar-refractivity contribution in [2.45, 2.75) is 84.1 Å². The Bertz CT molecular complexity index is 683. The number of hydrogen-bond donors (Lipinski definition) is 0. The smallest absolute Gasteiger partial charge is 0.306 e. The predicted molar refractivity (Wildman–Crippen MR) is 116 cm³/mol. The fourth-order valence-corrected chi connectivity index (χ4v) is 4.26. The lowest BCUT2D eigenvalue weighted by Gasteiger charge is -2.36. The molecule has 0 heterocycles. The lowest BCUT2D eigenvalue weighted by atomic mass is 9.91. The Morgan fingerprint density at radius 1 is 1.28 bits per heavy atom. The molecule has 6 nitrogen and oxygen atoms in total. The number of carbonyl (C=O) groups excluding carboxylic acids is 1. The number of rotatable bonds is 10. The molecule has 0 bridgehead atoms. The zero-order valence-electron chi connectivity index (χ0n) is 18.4. The first-order valence-corrected chi connectivity index (χ1v) is 11.0. The molecule has 1 aliphatic rings. The summed E-state index contributed by atoms with van der Waals surface area (Å²) in [5, 5.41) is 12.0. The van der Waals surface area contributed by atoms with Gasteiger partial charge < -0.3 is 9.64 Å². The quantitative estimate of drug-likeness (QED) is 0.278. The van der Waals surface area contributed by atoms with Gasteiger partial charge in [-0.2, -0.15) is 0 Å². The van der Waals surface area contributed by atoms with Gasteiger partial charge in [-0.05, 0) is 49.1 Å². The molecule has 1 aromatic rings. The highest BCUT2D eigenvalue weighted by Crippen LogP contribution is 2.37. The first-order chi connectivity index (χ1) is 13.9. The Balaban J connectivity index is 2.39. The van der Waals surface area contributed by atoms with E-state index in [1.807, 2.05) is 19.1 Å². The molecule has 1 unspecified atom stereocenters. The van der Waals surface area contributed by atoms with Crippen LogP contribution in [0.2, 0.25) is 0 Å². The summed E-state index contributed by atoms with van der Waals surface area (Å²) in [6.45, 7) is 7.21. The third kappa shape index (κ3) is 6.44. The van der Waals surface area contributed by atoms with Crippen LogP contribution in [-0.4, -0.2) is 30.6 Å². The van der Waals surface area contributed by atoms with Gasteiger partial charge in [-0.1, -0.05) is 46.1 Å². The van der Waals surface area contributed by atoms with Crippen LogP contribution in [0.3, 0.4) is 0 Å². The lowest BCUT2D eigenvalue weighted by molar-refractivity contribution is -0.384. The first kappa shape index (κ1) is 23.2. The maximum Gasteiger partial charge on any atom is 0.306 e. The Morgan fingerprint density at radius 2 is 1.97 bits per heavy atom. The molecule has 0 radical (unpaired) electrons. The maximum atomic E-state index is 12.0. The van der Waals surface area contributed by atoms with E-state index in [4.69, 9.17) is 4.74 Å². The second-order valence-electron chi connectivity index (χ2n) is 8.56. The van der Waals surface area contributed by atoms with Gasteiger partial charge in [0.05, 0.1) is 18.5 Å². The van der Waals surface area contributed by atoms with Crippen molar-refractivity contribution in [2.75, 3.05) is 18.6 Å². The minimum atomic E-state index is -0.288. The fourth-order valence-electron chi connectivity index (χ4n) is 4.26. The van der Waals surface area contributed by atoms with Crippen LogP contribution in [0.25, 0.3) is 0 Å². The number of esters is 1. The van der Waals surface area contributed by atoms with Gasteiger partial charge in [0, 0.05) is 18.7 Å². The summed E-state index contributed by atoms with van der Waals surface area (Å²) in [6.07, 6.45) is 7.79. The summed E-state index contributed by atoms with van der Waals surface area (Å²) in [6, 6.07) is 5.91. The van der Waals surface area contributed by atoms with E-state index in [-0.39, 0.29) is 28.9 Å². The number of anilines is 1. The molecule has 2 rings (SSSR count). The average Bonchev–Trinajstić information content (AvgIpc) is 2.72. The largest absolute Gasteiger partial charge is 0.469 e. The first-order valence-electron chi connectivity index (χ1n) is 11.0. The molecule has 0 amide bonds. The van der Waals surface area contributed by atoms with E-state index in [0.29, 0.717) is 12.0 Å². The molecule has 1 saturated carbocycles. The fraction of sp³-hybridized carbons (Fsp3) is 0.696. The van der Waals surface area contributed by atoms with Crippen molar-refractivity contribution in [1.29, 1.82) is 0 Å². The highest BCUT2D eigenvalue weighted by Gasteiger charge is 2.28. The molecule has 0 aliphatic heterocycles. The SMILES string of the molecule is CCC(CC(=O)OC)c1ccc(N(CCC(C)C)C2CCCCC2)c([N+](=O)[O-])c1. The Morgan fingerprint density at radius 3 is 2.52 bits per heavy atom. The van der Waals surface area contributed by atoms with Crippen LogP contribution in [0.1, 0.15) is 83.6 Å². The molecule has 0 spiro atoms. The number of nitro benzene ring substituents is 1. The van der Waals surface area contributed by atoms with E-state index in [1.165, 1.54) is 26.4 Å². The number of carbonyl (C=O) groups is 1. The van der Waals surface area contributed by atoms with E-state index in [0.717, 1.165) is 43.5 Å². The number of nitrogens with zero attached hydrogens (tertiary/aromatic N) is 2. The average molecular weight is 405 g/mol. The molecule has 1 aromatic carbocycles. The molecular weight excluding hydrogens is 368 g/mol. The van der Waals surface area contributed by atoms with Crippen molar-refractivity contribution < 1.29 is 14.5 Å². The Hall–Kier alpha value is -2.11. The number of hydrogen-bond acceptors (Lipinski definition) is 5. The summed E-state index contributed by atoms with van der Waals surface area (Å²) in [5.41, 5.74) is 1.71. The molecule has 0 saturated heterocycles. The zero-order chi connectivity index (χ0) is 21.4. The monoisotopic (exact) mass is 404 g/mol. The number of nitro groups is 1. The van der Waals surface area contributed by atoms with E-state index >= 15 is 0 Å². The van der Waals surface area contributed by atoms with Gasteiger partial charge in [-0.25, -0.2) is 0 Å². The van der Waals surface area contributed by atoms with E-state index in [1.54, 1.807) is 6.07 Å². The second kappa shape index (κ2) is 11.2. The standard InChI is InChI=1S/C23H36N2O4/c1-5-18(16-23(26)29-4)19-11-12-21(22(15-19)25(27)28)24(14-13-17(2)3)20-9-7-6-8-10-20/h11-12,15,17-18,20H,5-10,13-14,16H2,1-4H3. The van der Waals surface area contributed by atoms with Crippen LogP contribution in [0.15, 0.2) is 18.2 Å². The second-order valence-corrected chi connectivity index (χ2v) is 8.56. The van der Waals surface area contributed by atoms with Crippen molar-refractivity contribution in [1.82, 2.24) is 0 Å². The van der Waals surface area contributed by atoms with E-state index < -0.39 is 0 Å². The molecule has 6 heteroatoms. The highest BCUT2D eigenvalue weighted by atomic mass is 16.6. The van der Waals surface area contributed by atoms with Gasteiger partial charge in [0.2, 0.25) is 0 Å². The third-order valence-corrected chi connectivity index (χ3v) is 6.07. The van der Waals surface area contributed by atoms with Crippen molar-refractivity contribution >= 4 is 17.3 Å². The number of methoxy groups -OCH3 is 1. The molecule has 0 aromatic heterocycles. The van der Waals surface area contributed by atoms with Gasteiger partial charge in [0.15, 0.2) is 0 Å². The topological polar surface area (TPSA) is 72.7 Å². The van der Waals surface area contributed by atoms with Gasteiger partial charge in [-0.3, -0.25) is 14.9 Å². The van der Waals surface area contributed by atoms with Gasteiger partial charge >= 0.3 is 5.97 Å². The maximum absolute atomic E-state index is 12.0. The lowest BCUT2D eigenvalue weighted by Crippen LogP contribution is -2.38. The number of ether oxygens (including phenoxy) is 1. The molecule has 1 aliphatic carbocycles. The van der Waals surface area contributed by atoms with Crippen LogP contribution in [0.4, 0.5) is 11.4 Å². The van der Waals surface area contributed by atoms with Gasteiger partial charge in [0.25, 0.3) is 5.69 Å². The molecular formula is C23H36N2O4. The Kier molecular flexibility index (Phi) is 8.93. The van der Waals surface area contributed by atoms with E-state index in [9.17, 15) is 14.9 Å². The van der Waals surface area contributed by atoms with Crippen LogP contribution < -0.4 is 4.90 Å². The Labute approximate surface area is 174 Å². The van der Waals surface area contributed by atoms with Crippen LogP contribution in [0, 0.1) is 16.0 Å². The number of benzene rings is 1. The predicted octanol–water partition coefficient (Wildman–Crippen LogP) is 5.84. The summed E-state index contributed by atoms with van der Waals surface area (Å²) < 4.78 is 4.80. The molecule has 162 valence electrons. The third-order valence-electron chi connectivity index (χ3n) is 6.07. The zero-order valence-corrected chi connectivity index (χ0v) is 18.4. The van der Waals surface area contributed by atoms with E-state index in [2.05, 4.69) is 18.7 Å². The van der Waals surface area contributed by atoms with Gasteiger partial charge in [-0.15, -0.1) is 0 Å². The van der Waals surface area contributed by atoms with Crippen molar-refractivity contribution in [3.8, 4) is 0 Å². The summed E-state index contributed by atoms with van der Waals surface area (Å²) in [5.74, 6) is 0.183. The van der Waals surface area contributed by atoms with Crippen molar-refractivity contribution in [3.05, 3.63) is 33.9 Å². The molecule has 0 N–H and O–H groups in total. The minimum absolute atomic E-state index is 0.0750. The van der Waals surface area contributed by atoms with Crippen LogP contribution >= 0.6 is 0 Å². The van der Waals surface area contributed by atoms with Crippen molar-refractivity contribution in [3.63, 3.8) is 0 Å². The van der Waals surface area contributed by atoms with Crippen LogP contribution in [0.5, 0.6) is 0 Å². The molecule has 1 fully saturated rings. The summed E-state index contributed by atoms with van der Waals surface area (Å²) >= 11 is 0. The summed E-state index contributed by atoms with van der Waals surface area (Å²) in [4.78, 5) is 25.7. The van der Waals surface area contributed by atoms with Crippen molar-refractivity contribution in [2.24, 2.45) is 5.92 Å². The molecule has 29 heavy (non-hydrogen) atoms. The normalized spacial score (nSPS) is 15.9. The summed E-state index contributed by atoms with van der Waals surface area (Å²) in [7, 11) is 1.37. The van der Waals surface area contributed by atoms with Gasteiger partial charge in [0.1, 0.15) is 5.69 Å². The highest BCUT2D eigenvalue weighted by molar-refractivity contribution is 5.71. The molecule has 1 atom stereocenters. The van der Waals surface area contributed by atoms with Crippen LogP contribution in [-0.2, 0) is 9.53 Å². The minimum Gasteiger partial charge on any atom is -0.469 e.